The van der Waals surface area contributed by atoms with Gasteiger partial charge in [0.1, 0.15) is 5.71 Å². The fraction of sp³-hybridized carbons (Fsp3) is 0.692. The summed E-state index contributed by atoms with van der Waals surface area (Å²) in [7, 11) is 0. The van der Waals surface area contributed by atoms with Crippen molar-refractivity contribution in [2.24, 2.45) is 16.8 Å². The summed E-state index contributed by atoms with van der Waals surface area (Å²) in [6.07, 6.45) is 15.0. The number of benzene rings is 1. The number of aliphatic carboxylic acids is 1. The Bertz CT molecular complexity index is 857. The van der Waals surface area contributed by atoms with Crippen LogP contribution in [0.3, 0.4) is 0 Å². The zero-order valence-electron chi connectivity index (χ0n) is 18.5. The van der Waals surface area contributed by atoms with Crippen LogP contribution in [0, 0.1) is 11.8 Å². The zero-order valence-corrected chi connectivity index (χ0v) is 18.5. The number of anilines is 1. The Morgan fingerprint density at radius 3 is 2.23 bits per heavy atom. The third-order valence-electron chi connectivity index (χ3n) is 8.98. The molecule has 3 unspecified atom stereocenters. The molecule has 5 heteroatoms. The molecule has 2 aliphatic carbocycles. The van der Waals surface area contributed by atoms with Gasteiger partial charge >= 0.3 is 5.97 Å². The average molecular weight is 422 g/mol. The Kier molecular flexibility index (Phi) is 5.05. The van der Waals surface area contributed by atoms with Crippen molar-refractivity contribution in [1.82, 2.24) is 4.90 Å². The van der Waals surface area contributed by atoms with Crippen molar-refractivity contribution >= 4 is 23.1 Å². The number of para-hydroxylation sites is 2. The van der Waals surface area contributed by atoms with Crippen LogP contribution in [0.15, 0.2) is 29.3 Å². The minimum Gasteiger partial charge on any atom is -0.477 e. The van der Waals surface area contributed by atoms with Crippen molar-refractivity contribution < 1.29 is 9.90 Å². The minimum atomic E-state index is -0.883. The number of hydrogen-bond donors (Lipinski definition) is 1. The summed E-state index contributed by atoms with van der Waals surface area (Å²) >= 11 is 0. The smallest absolute Gasteiger partial charge is 0.352 e. The molecule has 5 nitrogen and oxygen atoms in total. The Morgan fingerprint density at radius 2 is 1.52 bits per heavy atom. The molecule has 0 radical (unpaired) electrons. The largest absolute Gasteiger partial charge is 0.477 e. The van der Waals surface area contributed by atoms with Gasteiger partial charge in [0.2, 0.25) is 0 Å². The summed E-state index contributed by atoms with van der Waals surface area (Å²) in [5.74, 6) is 1.06. The lowest BCUT2D eigenvalue weighted by Gasteiger charge is -2.56. The number of rotatable bonds is 3. The van der Waals surface area contributed by atoms with Gasteiger partial charge in [-0.25, -0.2) is 9.79 Å². The number of aliphatic imine (C=N–C) groups is 1. The number of fused-ring (bicyclic) bond motifs is 5. The highest BCUT2D eigenvalue weighted by Gasteiger charge is 2.46. The second-order valence-corrected chi connectivity index (χ2v) is 10.8. The van der Waals surface area contributed by atoms with Crippen molar-refractivity contribution in [3.8, 4) is 0 Å². The van der Waals surface area contributed by atoms with Crippen molar-refractivity contribution in [3.05, 3.63) is 24.3 Å². The van der Waals surface area contributed by atoms with E-state index in [9.17, 15) is 9.90 Å². The Labute approximate surface area is 185 Å². The average Bonchev–Trinajstić information content (AvgIpc) is 2.77. The molecule has 1 aromatic rings. The number of hydrogen-bond acceptors (Lipinski definition) is 4. The van der Waals surface area contributed by atoms with Crippen LogP contribution in [-0.4, -0.2) is 52.4 Å². The van der Waals surface area contributed by atoms with E-state index < -0.39 is 5.97 Å². The summed E-state index contributed by atoms with van der Waals surface area (Å²) in [6, 6.07) is 10.7. The molecule has 5 atom stereocenters. The lowest BCUT2D eigenvalue weighted by Crippen LogP contribution is -2.62. The van der Waals surface area contributed by atoms with Crippen LogP contribution in [0.4, 0.5) is 11.4 Å². The van der Waals surface area contributed by atoms with E-state index in [-0.39, 0.29) is 5.71 Å². The van der Waals surface area contributed by atoms with Crippen molar-refractivity contribution in [3.63, 3.8) is 0 Å². The summed E-state index contributed by atoms with van der Waals surface area (Å²) in [5, 5.41) is 9.67. The molecule has 0 aromatic heterocycles. The van der Waals surface area contributed by atoms with Crippen LogP contribution >= 0.6 is 0 Å². The fourth-order valence-corrected chi connectivity index (χ4v) is 7.85. The van der Waals surface area contributed by atoms with Gasteiger partial charge < -0.3 is 10.0 Å². The minimum absolute atomic E-state index is 0.284. The topological polar surface area (TPSA) is 56.1 Å². The van der Waals surface area contributed by atoms with E-state index >= 15 is 0 Å². The third kappa shape index (κ3) is 3.59. The predicted octanol–water partition coefficient (Wildman–Crippen LogP) is 5.02. The van der Waals surface area contributed by atoms with Crippen LogP contribution in [0.25, 0.3) is 0 Å². The quantitative estimate of drug-likeness (QED) is 0.745. The highest BCUT2D eigenvalue weighted by atomic mass is 16.4. The first-order chi connectivity index (χ1) is 15.2. The molecular weight excluding hydrogens is 386 g/mol. The summed E-state index contributed by atoms with van der Waals surface area (Å²) in [4.78, 5) is 21.6. The van der Waals surface area contributed by atoms with E-state index in [1.165, 1.54) is 70.6 Å². The SMILES string of the molecule is O=C(O)C1=Nc2ccccc2N(C2C[C@H]3CCC[C@@H](C2)N3C2CC3CCCC(C3)C2)C1. The van der Waals surface area contributed by atoms with Gasteiger partial charge in [-0.05, 0) is 68.9 Å². The lowest BCUT2D eigenvalue weighted by atomic mass is 9.68. The molecule has 6 rings (SSSR count). The molecule has 2 saturated carbocycles. The second kappa shape index (κ2) is 7.91. The van der Waals surface area contributed by atoms with Gasteiger partial charge in [0.05, 0.1) is 17.9 Å². The number of carboxylic acid groups (broad SMARTS) is 1. The van der Waals surface area contributed by atoms with Crippen molar-refractivity contribution in [2.45, 2.75) is 94.8 Å². The van der Waals surface area contributed by atoms with Gasteiger partial charge in [0.15, 0.2) is 0 Å². The number of piperidine rings is 2. The van der Waals surface area contributed by atoms with Gasteiger partial charge in [-0.15, -0.1) is 0 Å². The predicted molar refractivity (Wildman–Crippen MR) is 123 cm³/mol. The highest BCUT2D eigenvalue weighted by molar-refractivity contribution is 6.38. The van der Waals surface area contributed by atoms with E-state index in [0.717, 1.165) is 29.3 Å². The summed E-state index contributed by atoms with van der Waals surface area (Å²) in [6.45, 7) is 0.435. The summed E-state index contributed by atoms with van der Waals surface area (Å²) in [5.41, 5.74) is 2.22. The van der Waals surface area contributed by atoms with E-state index in [4.69, 9.17) is 0 Å². The molecular formula is C26H35N3O2. The maximum absolute atomic E-state index is 11.8. The van der Waals surface area contributed by atoms with Crippen molar-refractivity contribution in [2.75, 3.05) is 11.4 Å². The number of nitrogens with zero attached hydrogens (tertiary/aromatic N) is 3. The molecule has 166 valence electrons. The molecule has 3 aliphatic heterocycles. The Balaban J connectivity index is 1.25. The van der Waals surface area contributed by atoms with E-state index in [1.54, 1.807) is 0 Å². The van der Waals surface area contributed by atoms with E-state index in [2.05, 4.69) is 26.9 Å². The number of carboxylic acids is 1. The first kappa shape index (κ1) is 19.8. The fourth-order valence-electron chi connectivity index (χ4n) is 7.85. The zero-order chi connectivity index (χ0) is 20.9. The van der Waals surface area contributed by atoms with E-state index in [0.29, 0.717) is 24.7 Å². The molecule has 4 fully saturated rings. The maximum Gasteiger partial charge on any atom is 0.352 e. The van der Waals surface area contributed by atoms with Gasteiger partial charge in [-0.3, -0.25) is 4.90 Å². The maximum atomic E-state index is 11.8. The molecule has 1 N–H and O–H groups in total. The van der Waals surface area contributed by atoms with Gasteiger partial charge in [0.25, 0.3) is 0 Å². The van der Waals surface area contributed by atoms with Crippen LogP contribution in [-0.2, 0) is 4.79 Å². The van der Waals surface area contributed by atoms with Gasteiger partial charge in [-0.1, -0.05) is 37.8 Å². The molecule has 4 bridgehead atoms. The van der Waals surface area contributed by atoms with E-state index in [1.807, 2.05) is 12.1 Å². The highest BCUT2D eigenvalue weighted by Crippen LogP contribution is 2.47. The lowest BCUT2D eigenvalue weighted by molar-refractivity contribution is -0.129. The third-order valence-corrected chi connectivity index (χ3v) is 8.98. The summed E-state index contributed by atoms with van der Waals surface area (Å²) < 4.78 is 0. The normalized spacial score (nSPS) is 37.7. The van der Waals surface area contributed by atoms with Crippen LogP contribution in [0.5, 0.6) is 0 Å². The molecule has 0 spiro atoms. The van der Waals surface area contributed by atoms with Crippen molar-refractivity contribution in [1.29, 1.82) is 0 Å². The Hall–Kier alpha value is -1.88. The molecule has 5 aliphatic rings. The van der Waals surface area contributed by atoms with Gasteiger partial charge in [-0.2, -0.15) is 0 Å². The molecule has 0 amide bonds. The molecule has 1 aromatic carbocycles. The molecule has 2 saturated heterocycles. The first-order valence-corrected chi connectivity index (χ1v) is 12.6. The van der Waals surface area contributed by atoms with Crippen LogP contribution < -0.4 is 4.90 Å². The first-order valence-electron chi connectivity index (χ1n) is 12.6. The molecule has 3 heterocycles. The molecule has 31 heavy (non-hydrogen) atoms. The van der Waals surface area contributed by atoms with Crippen LogP contribution in [0.1, 0.15) is 70.6 Å². The second-order valence-electron chi connectivity index (χ2n) is 10.8. The Morgan fingerprint density at radius 1 is 0.839 bits per heavy atom. The van der Waals surface area contributed by atoms with Gasteiger partial charge in [0, 0.05) is 24.2 Å². The standard InChI is InChI=1S/C26H35N3O2/c30-26(31)24-16-28(25-10-2-1-9-23(25)27-24)21-14-19-7-4-8-20(15-21)29(19)22-12-17-5-3-6-18(11-17)13-22/h1-2,9-10,17-22H,3-8,11-16H2,(H,30,31)/t17?,18?,19-,20+,21?,22?. The van der Waals surface area contributed by atoms with Crippen LogP contribution in [0.2, 0.25) is 0 Å². The number of carbonyl (C=O) groups is 1. The monoisotopic (exact) mass is 421 g/mol.